The van der Waals surface area contributed by atoms with Crippen molar-refractivity contribution < 1.29 is 21.9 Å². The predicted octanol–water partition coefficient (Wildman–Crippen LogP) is 2.83. The molecule has 0 saturated heterocycles. The van der Waals surface area contributed by atoms with Crippen LogP contribution in [0.2, 0.25) is 0 Å². The number of rotatable bonds is 4. The molecule has 0 amide bonds. The second-order valence-corrected chi connectivity index (χ2v) is 5.82. The summed E-state index contributed by atoms with van der Waals surface area (Å²) < 4.78 is 50.8. The van der Waals surface area contributed by atoms with E-state index in [0.29, 0.717) is 0 Å². The van der Waals surface area contributed by atoms with Crippen molar-refractivity contribution in [1.82, 2.24) is 0 Å². The van der Waals surface area contributed by atoms with E-state index >= 15 is 0 Å². The summed E-state index contributed by atoms with van der Waals surface area (Å²) in [6, 6.07) is 3.39. The van der Waals surface area contributed by atoms with E-state index < -0.39 is 26.3 Å². The SMILES string of the molecule is N#Cc1cc(CCl)c(OC(F)F)cc1S(=O)(=O)Cl. The fourth-order valence-electron chi connectivity index (χ4n) is 1.21. The molecule has 9 heteroatoms. The van der Waals surface area contributed by atoms with E-state index in [0.717, 1.165) is 12.1 Å². The maximum absolute atomic E-state index is 12.1. The Hall–Kier alpha value is -1.10. The predicted molar refractivity (Wildman–Crippen MR) is 60.4 cm³/mol. The summed E-state index contributed by atoms with van der Waals surface area (Å²) in [6.45, 7) is -3.15. The van der Waals surface area contributed by atoms with Crippen LogP contribution in [0.15, 0.2) is 17.0 Å². The lowest BCUT2D eigenvalue weighted by Gasteiger charge is -2.11. The molecule has 0 N–H and O–H groups in total. The van der Waals surface area contributed by atoms with Crippen LogP contribution in [0.3, 0.4) is 0 Å². The first-order valence-corrected chi connectivity index (χ1v) is 7.16. The summed E-state index contributed by atoms with van der Waals surface area (Å²) >= 11 is 5.49. The zero-order valence-electron chi connectivity index (χ0n) is 8.53. The Labute approximate surface area is 111 Å². The molecule has 0 aliphatic carbocycles. The van der Waals surface area contributed by atoms with Gasteiger partial charge in [0.1, 0.15) is 16.7 Å². The Morgan fingerprint density at radius 1 is 1.44 bits per heavy atom. The molecular weight excluding hydrogens is 311 g/mol. The van der Waals surface area contributed by atoms with E-state index in [1.807, 2.05) is 0 Å². The Balaban J connectivity index is 3.50. The minimum Gasteiger partial charge on any atom is -0.434 e. The van der Waals surface area contributed by atoms with E-state index in [1.165, 1.54) is 0 Å². The highest BCUT2D eigenvalue weighted by Crippen LogP contribution is 2.30. The molecule has 1 rings (SSSR count). The summed E-state index contributed by atoms with van der Waals surface area (Å²) in [6.07, 6.45) is 0. The number of alkyl halides is 3. The van der Waals surface area contributed by atoms with Crippen LogP contribution in [-0.4, -0.2) is 15.0 Å². The number of benzene rings is 1. The smallest absolute Gasteiger partial charge is 0.387 e. The average Bonchev–Trinajstić information content (AvgIpc) is 2.26. The highest BCUT2D eigenvalue weighted by molar-refractivity contribution is 8.13. The topological polar surface area (TPSA) is 67.2 Å². The van der Waals surface area contributed by atoms with E-state index in [-0.39, 0.29) is 17.0 Å². The van der Waals surface area contributed by atoms with Crippen molar-refractivity contribution >= 4 is 31.3 Å². The second-order valence-electron chi connectivity index (χ2n) is 3.02. The molecule has 4 nitrogen and oxygen atoms in total. The molecule has 98 valence electrons. The number of nitrogens with zero attached hydrogens (tertiary/aromatic N) is 1. The molecule has 1 aromatic rings. The number of halogens is 4. The van der Waals surface area contributed by atoms with Gasteiger partial charge in [0, 0.05) is 22.3 Å². The lowest BCUT2D eigenvalue weighted by atomic mass is 10.1. The normalized spacial score (nSPS) is 11.3. The zero-order chi connectivity index (χ0) is 13.9. The van der Waals surface area contributed by atoms with Crippen LogP contribution in [0.5, 0.6) is 5.75 Å². The number of nitriles is 1. The van der Waals surface area contributed by atoms with Crippen molar-refractivity contribution in [2.24, 2.45) is 0 Å². The average molecular weight is 316 g/mol. The van der Waals surface area contributed by atoms with Gasteiger partial charge in [-0.05, 0) is 6.07 Å². The van der Waals surface area contributed by atoms with Crippen molar-refractivity contribution in [3.63, 3.8) is 0 Å². The zero-order valence-corrected chi connectivity index (χ0v) is 10.9. The summed E-state index contributed by atoms with van der Waals surface area (Å²) in [4.78, 5) is -0.601. The monoisotopic (exact) mass is 315 g/mol. The molecule has 0 aliphatic rings. The van der Waals surface area contributed by atoms with E-state index in [4.69, 9.17) is 27.5 Å². The van der Waals surface area contributed by atoms with Crippen LogP contribution in [0.4, 0.5) is 8.78 Å². The lowest BCUT2D eigenvalue weighted by molar-refractivity contribution is -0.0504. The highest BCUT2D eigenvalue weighted by atomic mass is 35.7. The highest BCUT2D eigenvalue weighted by Gasteiger charge is 2.21. The first-order valence-electron chi connectivity index (χ1n) is 4.32. The van der Waals surface area contributed by atoms with E-state index in [1.54, 1.807) is 6.07 Å². The van der Waals surface area contributed by atoms with Crippen molar-refractivity contribution in [1.29, 1.82) is 5.26 Å². The summed E-state index contributed by atoms with van der Waals surface area (Å²) in [5.41, 5.74) is -0.222. The summed E-state index contributed by atoms with van der Waals surface area (Å²) in [5.74, 6) is -0.655. The van der Waals surface area contributed by atoms with Crippen molar-refractivity contribution in [2.75, 3.05) is 0 Å². The first-order chi connectivity index (χ1) is 8.29. The number of hydrogen-bond acceptors (Lipinski definition) is 4. The van der Waals surface area contributed by atoms with Gasteiger partial charge in [0.05, 0.1) is 11.4 Å². The fourth-order valence-corrected chi connectivity index (χ4v) is 2.41. The maximum Gasteiger partial charge on any atom is 0.387 e. The van der Waals surface area contributed by atoms with Gasteiger partial charge in [0.2, 0.25) is 0 Å². The third-order valence-corrected chi connectivity index (χ3v) is 3.56. The molecule has 0 spiro atoms. The quantitative estimate of drug-likeness (QED) is 0.633. The molecule has 0 saturated carbocycles. The van der Waals surface area contributed by atoms with Crippen LogP contribution in [0.25, 0.3) is 0 Å². The second kappa shape index (κ2) is 5.69. The van der Waals surface area contributed by atoms with Gasteiger partial charge in [-0.2, -0.15) is 14.0 Å². The van der Waals surface area contributed by atoms with Crippen LogP contribution in [-0.2, 0) is 14.9 Å². The molecule has 0 radical (unpaired) electrons. The number of hydrogen-bond donors (Lipinski definition) is 0. The molecule has 0 unspecified atom stereocenters. The van der Waals surface area contributed by atoms with E-state index in [2.05, 4.69) is 4.74 Å². The van der Waals surface area contributed by atoms with Gasteiger partial charge in [-0.3, -0.25) is 0 Å². The molecule has 0 atom stereocenters. The van der Waals surface area contributed by atoms with Crippen molar-refractivity contribution in [3.05, 3.63) is 23.3 Å². The van der Waals surface area contributed by atoms with Crippen LogP contribution in [0.1, 0.15) is 11.1 Å². The molecule has 0 bridgehead atoms. The van der Waals surface area contributed by atoms with Gasteiger partial charge in [-0.1, -0.05) is 0 Å². The lowest BCUT2D eigenvalue weighted by Crippen LogP contribution is -2.06. The standard InChI is InChI=1S/C9H5Cl2F2NO3S/c10-3-5-1-6(4-14)8(18(11,15)16)2-7(5)17-9(12)13/h1-2,9H,3H2. The van der Waals surface area contributed by atoms with Gasteiger partial charge in [0.25, 0.3) is 9.05 Å². The van der Waals surface area contributed by atoms with Crippen LogP contribution in [0, 0.1) is 11.3 Å². The van der Waals surface area contributed by atoms with Gasteiger partial charge in [-0.15, -0.1) is 11.6 Å². The Morgan fingerprint density at radius 2 is 2.06 bits per heavy atom. The van der Waals surface area contributed by atoms with Gasteiger partial charge < -0.3 is 4.74 Å². The number of ether oxygens (including phenoxy) is 1. The molecule has 0 aliphatic heterocycles. The molecule has 18 heavy (non-hydrogen) atoms. The molecule has 0 fully saturated rings. The first kappa shape index (κ1) is 15.0. The third kappa shape index (κ3) is 3.45. The minimum absolute atomic E-state index is 0.0672. The van der Waals surface area contributed by atoms with E-state index in [9.17, 15) is 17.2 Å². The fraction of sp³-hybridized carbons (Fsp3) is 0.222. The minimum atomic E-state index is -4.25. The van der Waals surface area contributed by atoms with Gasteiger partial charge in [0.15, 0.2) is 0 Å². The largest absolute Gasteiger partial charge is 0.434 e. The Bertz CT molecular complexity index is 599. The maximum atomic E-state index is 12.1. The third-order valence-electron chi connectivity index (χ3n) is 1.91. The van der Waals surface area contributed by atoms with Crippen LogP contribution < -0.4 is 4.74 Å². The molecule has 0 heterocycles. The van der Waals surface area contributed by atoms with Gasteiger partial charge >= 0.3 is 6.61 Å². The van der Waals surface area contributed by atoms with Crippen molar-refractivity contribution in [3.8, 4) is 11.8 Å². The van der Waals surface area contributed by atoms with Gasteiger partial charge in [-0.25, -0.2) is 8.42 Å². The Kier molecular flexibility index (Phi) is 4.73. The molecular formula is C9H5Cl2F2NO3S. The van der Waals surface area contributed by atoms with Crippen LogP contribution >= 0.6 is 22.3 Å². The Morgan fingerprint density at radius 3 is 2.44 bits per heavy atom. The summed E-state index contributed by atoms with van der Waals surface area (Å²) in [7, 11) is 0.844. The summed E-state index contributed by atoms with van der Waals surface area (Å²) in [5, 5.41) is 8.77. The molecule has 1 aromatic carbocycles. The van der Waals surface area contributed by atoms with Crippen molar-refractivity contribution in [2.45, 2.75) is 17.4 Å². The molecule has 0 aromatic heterocycles.